The van der Waals surface area contributed by atoms with Gasteiger partial charge in [-0.1, -0.05) is 61.7 Å². The minimum absolute atomic E-state index is 0.121. The monoisotopic (exact) mass is 508 g/mol. The first kappa shape index (κ1) is 27.0. The smallest absolute Gasteiger partial charge is 0.408 e. The Labute approximate surface area is 220 Å². The summed E-state index contributed by atoms with van der Waals surface area (Å²) in [5.41, 5.74) is 0.170. The molecule has 1 aliphatic carbocycles. The van der Waals surface area contributed by atoms with Gasteiger partial charge in [-0.2, -0.15) is 0 Å². The van der Waals surface area contributed by atoms with Crippen LogP contribution in [0.25, 0.3) is 0 Å². The number of rotatable bonds is 7. The van der Waals surface area contributed by atoms with Crippen molar-refractivity contribution in [2.75, 3.05) is 13.1 Å². The summed E-state index contributed by atoms with van der Waals surface area (Å²) in [6.07, 6.45) is 3.61. The molecule has 2 amide bonds. The van der Waals surface area contributed by atoms with Crippen LogP contribution in [0.15, 0.2) is 54.6 Å². The third kappa shape index (κ3) is 6.27. The molecule has 2 aromatic carbocycles. The van der Waals surface area contributed by atoms with Gasteiger partial charge in [0.05, 0.1) is 17.6 Å². The Balaban J connectivity index is 1.54. The normalized spacial score (nSPS) is 20.3. The largest absolute Gasteiger partial charge is 0.489 e. The second kappa shape index (κ2) is 11.1. The van der Waals surface area contributed by atoms with Crippen molar-refractivity contribution in [3.63, 3.8) is 0 Å². The molecular weight excluding hydrogens is 468 g/mol. The first-order valence-corrected chi connectivity index (χ1v) is 13.4. The van der Waals surface area contributed by atoms with Crippen LogP contribution >= 0.6 is 0 Å². The van der Waals surface area contributed by atoms with Crippen molar-refractivity contribution in [1.29, 1.82) is 0 Å². The number of likely N-dealkylation sites (tertiary alicyclic amines) is 1. The van der Waals surface area contributed by atoms with E-state index in [0.29, 0.717) is 44.7 Å². The lowest BCUT2D eigenvalue weighted by molar-refractivity contribution is -0.140. The maximum atomic E-state index is 14.0. The van der Waals surface area contributed by atoms with E-state index >= 15 is 0 Å². The zero-order valence-corrected chi connectivity index (χ0v) is 22.2. The van der Waals surface area contributed by atoms with Gasteiger partial charge in [0.15, 0.2) is 0 Å². The van der Waals surface area contributed by atoms with Gasteiger partial charge in [0.25, 0.3) is 0 Å². The number of hydrogen-bond acceptors (Lipinski definition) is 4. The molecule has 200 valence electrons. The fourth-order valence-electron chi connectivity index (χ4n) is 5.96. The fraction of sp³-hybridized carbons (Fsp3) is 0.533. The molecule has 1 aliphatic heterocycles. The van der Waals surface area contributed by atoms with Crippen molar-refractivity contribution in [3.05, 3.63) is 65.7 Å². The van der Waals surface area contributed by atoms with Crippen LogP contribution in [0.2, 0.25) is 0 Å². The predicted octanol–water partition coefficient (Wildman–Crippen LogP) is 5.42. The summed E-state index contributed by atoms with van der Waals surface area (Å²) < 4.78 is 5.93. The van der Waals surface area contributed by atoms with Crippen LogP contribution in [0.5, 0.6) is 5.75 Å². The number of amides is 2. The Morgan fingerprint density at radius 1 is 1.05 bits per heavy atom. The molecule has 0 aromatic heterocycles. The molecule has 2 aromatic rings. The van der Waals surface area contributed by atoms with E-state index in [2.05, 4.69) is 0 Å². The number of aliphatic hydroxyl groups is 1. The minimum atomic E-state index is -1.11. The summed E-state index contributed by atoms with van der Waals surface area (Å²) in [6, 6.07) is 17.2. The summed E-state index contributed by atoms with van der Waals surface area (Å²) in [5.74, 6) is -0.107. The molecule has 1 saturated carbocycles. The number of hydrogen-bond donors (Lipinski definition) is 2. The van der Waals surface area contributed by atoms with Crippen LogP contribution in [-0.2, 0) is 11.4 Å². The van der Waals surface area contributed by atoms with Gasteiger partial charge in [-0.3, -0.25) is 9.69 Å². The molecule has 4 rings (SSSR count). The number of ether oxygens (including phenoxy) is 1. The van der Waals surface area contributed by atoms with Crippen LogP contribution in [-0.4, -0.2) is 62.3 Å². The Morgan fingerprint density at radius 3 is 2.30 bits per heavy atom. The molecule has 1 unspecified atom stereocenters. The van der Waals surface area contributed by atoms with Crippen LogP contribution in [0.3, 0.4) is 0 Å². The van der Waals surface area contributed by atoms with Gasteiger partial charge in [0.1, 0.15) is 12.4 Å². The molecular formula is C30H40N2O5. The lowest BCUT2D eigenvalue weighted by atomic mass is 9.72. The molecule has 2 N–H and O–H groups in total. The Bertz CT molecular complexity index is 1060. The molecule has 2 fully saturated rings. The Hall–Kier alpha value is -3.06. The predicted molar refractivity (Wildman–Crippen MR) is 143 cm³/mol. The Kier molecular flexibility index (Phi) is 8.12. The third-order valence-electron chi connectivity index (χ3n) is 7.73. The standard InChI is InChI=1S/C30H40N2O5/c1-29(2,3)32(28(34)35)24-16-19-31(20-24)27(33)26(30(36)17-8-5-9-18-30)23-12-14-25(15-13-23)37-21-22-10-6-4-7-11-22/h4,6-7,10-15,24,26,36H,5,8-9,16-21H2,1-3H3,(H,34,35)/t24-,26?/m0/s1. The topological polar surface area (TPSA) is 90.3 Å². The van der Waals surface area contributed by atoms with Crippen LogP contribution in [0.4, 0.5) is 4.79 Å². The highest BCUT2D eigenvalue weighted by Gasteiger charge is 2.47. The second-order valence-corrected chi connectivity index (χ2v) is 11.5. The van der Waals surface area contributed by atoms with E-state index in [1.54, 1.807) is 4.90 Å². The molecule has 7 nitrogen and oxygen atoms in total. The van der Waals surface area contributed by atoms with Crippen molar-refractivity contribution in [1.82, 2.24) is 9.80 Å². The van der Waals surface area contributed by atoms with Gasteiger partial charge in [-0.15, -0.1) is 0 Å². The lowest BCUT2D eigenvalue weighted by Crippen LogP contribution is -2.53. The molecule has 0 bridgehead atoms. The number of carbonyl (C=O) groups is 2. The first-order valence-electron chi connectivity index (χ1n) is 13.4. The van der Waals surface area contributed by atoms with Gasteiger partial charge in [0, 0.05) is 18.6 Å². The quantitative estimate of drug-likeness (QED) is 0.521. The maximum Gasteiger partial charge on any atom is 0.408 e. The molecule has 37 heavy (non-hydrogen) atoms. The van der Waals surface area contributed by atoms with Crippen molar-refractivity contribution in [2.24, 2.45) is 0 Å². The summed E-state index contributed by atoms with van der Waals surface area (Å²) >= 11 is 0. The molecule has 1 saturated heterocycles. The maximum absolute atomic E-state index is 14.0. The molecule has 7 heteroatoms. The summed E-state index contributed by atoms with van der Waals surface area (Å²) in [4.78, 5) is 29.2. The van der Waals surface area contributed by atoms with Gasteiger partial charge >= 0.3 is 6.09 Å². The van der Waals surface area contributed by atoms with Gasteiger partial charge in [-0.05, 0) is 63.3 Å². The average Bonchev–Trinajstić information content (AvgIpc) is 3.33. The molecule has 2 atom stereocenters. The van der Waals surface area contributed by atoms with Gasteiger partial charge < -0.3 is 19.8 Å². The first-order chi connectivity index (χ1) is 17.6. The Morgan fingerprint density at radius 2 is 1.70 bits per heavy atom. The SMILES string of the molecule is CC(C)(C)N(C(=O)O)[C@H]1CCN(C(=O)C(c2ccc(OCc3ccccc3)cc2)C2(O)CCCCC2)C1. The number of carbonyl (C=O) groups excluding carboxylic acids is 1. The van der Waals surface area contributed by atoms with E-state index in [9.17, 15) is 19.8 Å². The van der Waals surface area contributed by atoms with Crippen molar-refractivity contribution < 1.29 is 24.5 Å². The average molecular weight is 509 g/mol. The highest BCUT2D eigenvalue weighted by atomic mass is 16.5. The zero-order valence-electron chi connectivity index (χ0n) is 22.2. The van der Waals surface area contributed by atoms with E-state index in [4.69, 9.17) is 4.74 Å². The summed E-state index contributed by atoms with van der Waals surface area (Å²) in [7, 11) is 0. The number of nitrogens with zero attached hydrogens (tertiary/aromatic N) is 2. The molecule has 1 heterocycles. The van der Waals surface area contributed by atoms with Crippen molar-refractivity contribution in [3.8, 4) is 5.75 Å². The van der Waals surface area contributed by atoms with Crippen LogP contribution < -0.4 is 4.74 Å². The summed E-state index contributed by atoms with van der Waals surface area (Å²) in [5, 5.41) is 21.6. The van der Waals surface area contributed by atoms with Crippen LogP contribution in [0, 0.1) is 0 Å². The van der Waals surface area contributed by atoms with Crippen LogP contribution in [0.1, 0.15) is 76.3 Å². The number of carboxylic acid groups (broad SMARTS) is 1. The molecule has 0 radical (unpaired) electrons. The second-order valence-electron chi connectivity index (χ2n) is 11.5. The molecule has 2 aliphatic rings. The van der Waals surface area contributed by atoms with Crippen molar-refractivity contribution in [2.45, 2.75) is 89.0 Å². The van der Waals surface area contributed by atoms with E-state index in [0.717, 1.165) is 30.4 Å². The third-order valence-corrected chi connectivity index (χ3v) is 7.73. The van der Waals surface area contributed by atoms with E-state index < -0.39 is 23.2 Å². The highest BCUT2D eigenvalue weighted by molar-refractivity contribution is 5.85. The minimum Gasteiger partial charge on any atom is -0.489 e. The zero-order chi connectivity index (χ0) is 26.6. The van der Waals surface area contributed by atoms with E-state index in [1.807, 2.05) is 75.4 Å². The lowest BCUT2D eigenvalue weighted by Gasteiger charge is -2.41. The highest BCUT2D eigenvalue weighted by Crippen LogP contribution is 2.42. The van der Waals surface area contributed by atoms with Gasteiger partial charge in [0.2, 0.25) is 5.91 Å². The summed E-state index contributed by atoms with van der Waals surface area (Å²) in [6.45, 7) is 6.90. The van der Waals surface area contributed by atoms with Crippen molar-refractivity contribution >= 4 is 12.0 Å². The van der Waals surface area contributed by atoms with E-state index in [-0.39, 0.29) is 11.9 Å². The number of benzene rings is 2. The van der Waals surface area contributed by atoms with E-state index in [1.165, 1.54) is 4.90 Å². The van der Waals surface area contributed by atoms with Gasteiger partial charge in [-0.25, -0.2) is 4.79 Å². The molecule has 0 spiro atoms. The fourth-order valence-corrected chi connectivity index (χ4v) is 5.96.